The maximum Gasteiger partial charge on any atom is 0.240 e. The molecule has 0 atom stereocenters. The summed E-state index contributed by atoms with van der Waals surface area (Å²) in [6.45, 7) is 2.61. The van der Waals surface area contributed by atoms with E-state index in [4.69, 9.17) is 5.73 Å². The average Bonchev–Trinajstić information content (AvgIpc) is 2.42. The first-order valence-corrected chi connectivity index (χ1v) is 8.52. The molecule has 0 unspecified atom stereocenters. The number of nitrogen functional groups attached to an aromatic ring is 1. The molecule has 1 aliphatic rings. The number of nitrogens with two attached hydrogens (primary N) is 1. The van der Waals surface area contributed by atoms with Crippen molar-refractivity contribution in [1.82, 2.24) is 9.71 Å². The Hall–Kier alpha value is -1.66. The van der Waals surface area contributed by atoms with Crippen molar-refractivity contribution in [1.29, 1.82) is 0 Å². The van der Waals surface area contributed by atoms with Gasteiger partial charge in [0.05, 0.1) is 10.4 Å². The van der Waals surface area contributed by atoms with Crippen LogP contribution < -0.4 is 10.5 Å². The molecular weight excluding hydrogens is 286 g/mol. The molecule has 0 spiro atoms. The largest absolute Gasteiger partial charge is 0.384 e. The molecule has 1 fully saturated rings. The standard InChI is InChI=1S/C15H19N3O2S/c1-15(7-2-8-15)10-17-21(19,20)12-4-5-13-11(9-12)3-6-14(16)18-13/h3-6,9,17H,2,7-8,10H2,1H3,(H2,16,18). The molecule has 3 rings (SSSR count). The highest BCUT2D eigenvalue weighted by atomic mass is 32.2. The van der Waals surface area contributed by atoms with E-state index in [0.717, 1.165) is 18.2 Å². The number of hydrogen-bond donors (Lipinski definition) is 2. The first-order valence-electron chi connectivity index (χ1n) is 7.04. The minimum Gasteiger partial charge on any atom is -0.384 e. The highest BCUT2D eigenvalue weighted by Gasteiger charge is 2.33. The van der Waals surface area contributed by atoms with Crippen LogP contribution in [0.2, 0.25) is 0 Å². The molecule has 0 radical (unpaired) electrons. The number of aromatic nitrogens is 1. The van der Waals surface area contributed by atoms with Crippen LogP contribution in [0.5, 0.6) is 0 Å². The Balaban J connectivity index is 1.86. The molecule has 6 heteroatoms. The van der Waals surface area contributed by atoms with Gasteiger partial charge in [0.15, 0.2) is 0 Å². The van der Waals surface area contributed by atoms with Crippen molar-refractivity contribution < 1.29 is 8.42 Å². The van der Waals surface area contributed by atoms with Crippen molar-refractivity contribution in [3.63, 3.8) is 0 Å². The van der Waals surface area contributed by atoms with Gasteiger partial charge < -0.3 is 5.73 Å². The number of nitrogens with zero attached hydrogens (tertiary/aromatic N) is 1. The van der Waals surface area contributed by atoms with Crippen molar-refractivity contribution in [2.24, 2.45) is 5.41 Å². The van der Waals surface area contributed by atoms with Crippen molar-refractivity contribution in [3.05, 3.63) is 30.3 Å². The number of rotatable bonds is 4. The Morgan fingerprint density at radius 1 is 1.29 bits per heavy atom. The van der Waals surface area contributed by atoms with E-state index in [-0.39, 0.29) is 10.3 Å². The Labute approximate surface area is 124 Å². The van der Waals surface area contributed by atoms with E-state index in [1.165, 1.54) is 6.42 Å². The summed E-state index contributed by atoms with van der Waals surface area (Å²) in [6.07, 6.45) is 3.34. The zero-order chi connectivity index (χ0) is 15.1. The van der Waals surface area contributed by atoms with E-state index in [2.05, 4.69) is 16.6 Å². The fourth-order valence-electron chi connectivity index (χ4n) is 2.60. The maximum absolute atomic E-state index is 12.4. The summed E-state index contributed by atoms with van der Waals surface area (Å²) in [5.74, 6) is 0.425. The number of benzene rings is 1. The van der Waals surface area contributed by atoms with Gasteiger partial charge in [-0.25, -0.2) is 18.1 Å². The average molecular weight is 305 g/mol. The van der Waals surface area contributed by atoms with Gasteiger partial charge in [0.2, 0.25) is 10.0 Å². The SMILES string of the molecule is CC1(CNS(=O)(=O)c2ccc3nc(N)ccc3c2)CCC1. The Kier molecular flexibility index (Phi) is 3.37. The molecule has 5 nitrogen and oxygen atoms in total. The van der Waals surface area contributed by atoms with Crippen LogP contribution in [0.3, 0.4) is 0 Å². The highest BCUT2D eigenvalue weighted by molar-refractivity contribution is 7.89. The van der Waals surface area contributed by atoms with Crippen LogP contribution in [0.15, 0.2) is 35.2 Å². The summed E-state index contributed by atoms with van der Waals surface area (Å²) < 4.78 is 27.5. The molecule has 0 bridgehead atoms. The van der Waals surface area contributed by atoms with E-state index in [1.807, 2.05) is 0 Å². The quantitative estimate of drug-likeness (QED) is 0.907. The highest BCUT2D eigenvalue weighted by Crippen LogP contribution is 2.39. The summed E-state index contributed by atoms with van der Waals surface area (Å²) in [5.41, 5.74) is 6.43. The second-order valence-electron chi connectivity index (χ2n) is 6.08. The zero-order valence-corrected chi connectivity index (χ0v) is 12.8. The monoisotopic (exact) mass is 305 g/mol. The fourth-order valence-corrected chi connectivity index (χ4v) is 3.83. The number of fused-ring (bicyclic) bond motifs is 1. The van der Waals surface area contributed by atoms with Gasteiger partial charge in [-0.2, -0.15) is 0 Å². The van der Waals surface area contributed by atoms with Crippen LogP contribution in [-0.2, 0) is 10.0 Å². The molecule has 1 heterocycles. The van der Waals surface area contributed by atoms with E-state index < -0.39 is 10.0 Å². The summed E-state index contributed by atoms with van der Waals surface area (Å²) in [7, 11) is -3.48. The van der Waals surface area contributed by atoms with E-state index in [9.17, 15) is 8.42 Å². The maximum atomic E-state index is 12.4. The summed E-state index contributed by atoms with van der Waals surface area (Å²) in [5, 5.41) is 0.766. The lowest BCUT2D eigenvalue weighted by molar-refractivity contribution is 0.166. The number of pyridine rings is 1. The third kappa shape index (κ3) is 2.87. The molecule has 1 aromatic heterocycles. The number of sulfonamides is 1. The van der Waals surface area contributed by atoms with Crippen molar-refractivity contribution in [2.75, 3.05) is 12.3 Å². The molecule has 1 aromatic carbocycles. The van der Waals surface area contributed by atoms with Gasteiger partial charge in [-0.1, -0.05) is 13.3 Å². The molecule has 3 N–H and O–H groups in total. The van der Waals surface area contributed by atoms with Crippen LogP contribution in [0, 0.1) is 5.41 Å². The van der Waals surface area contributed by atoms with Gasteiger partial charge in [-0.15, -0.1) is 0 Å². The number of anilines is 1. The van der Waals surface area contributed by atoms with Crippen LogP contribution in [-0.4, -0.2) is 19.9 Å². The van der Waals surface area contributed by atoms with Crippen molar-refractivity contribution >= 4 is 26.7 Å². The van der Waals surface area contributed by atoms with Gasteiger partial charge in [-0.05, 0) is 48.6 Å². The minimum absolute atomic E-state index is 0.111. The molecular formula is C15H19N3O2S. The summed E-state index contributed by atoms with van der Waals surface area (Å²) >= 11 is 0. The molecule has 2 aromatic rings. The predicted molar refractivity (Wildman–Crippen MR) is 83.3 cm³/mol. The number of hydrogen-bond acceptors (Lipinski definition) is 4. The van der Waals surface area contributed by atoms with Gasteiger partial charge in [0.1, 0.15) is 5.82 Å². The van der Waals surface area contributed by atoms with Crippen LogP contribution in [0.1, 0.15) is 26.2 Å². The van der Waals surface area contributed by atoms with E-state index in [1.54, 1.807) is 30.3 Å². The van der Waals surface area contributed by atoms with Crippen LogP contribution >= 0.6 is 0 Å². The van der Waals surface area contributed by atoms with E-state index in [0.29, 0.717) is 17.9 Å². The smallest absolute Gasteiger partial charge is 0.240 e. The van der Waals surface area contributed by atoms with Crippen LogP contribution in [0.4, 0.5) is 5.82 Å². The lowest BCUT2D eigenvalue weighted by atomic mass is 9.71. The number of nitrogens with one attached hydrogen (secondary N) is 1. The summed E-state index contributed by atoms with van der Waals surface area (Å²) in [4.78, 5) is 4.44. The molecule has 0 amide bonds. The van der Waals surface area contributed by atoms with Gasteiger partial charge in [0.25, 0.3) is 0 Å². The van der Waals surface area contributed by atoms with Gasteiger partial charge in [-0.3, -0.25) is 0 Å². The predicted octanol–water partition coefficient (Wildman–Crippen LogP) is 2.29. The minimum atomic E-state index is -3.48. The fraction of sp³-hybridized carbons (Fsp3) is 0.400. The Bertz CT molecular complexity index is 783. The topological polar surface area (TPSA) is 85.1 Å². The lowest BCUT2D eigenvalue weighted by Gasteiger charge is -2.38. The van der Waals surface area contributed by atoms with Crippen LogP contribution in [0.25, 0.3) is 10.9 Å². The molecule has 1 aliphatic carbocycles. The van der Waals surface area contributed by atoms with Gasteiger partial charge in [0, 0.05) is 11.9 Å². The second kappa shape index (κ2) is 4.96. The Morgan fingerprint density at radius 2 is 2.05 bits per heavy atom. The van der Waals surface area contributed by atoms with E-state index >= 15 is 0 Å². The molecule has 21 heavy (non-hydrogen) atoms. The molecule has 112 valence electrons. The normalized spacial score (nSPS) is 17.6. The third-order valence-corrected chi connectivity index (χ3v) is 5.64. The van der Waals surface area contributed by atoms with Gasteiger partial charge >= 0.3 is 0 Å². The Morgan fingerprint density at radius 3 is 2.71 bits per heavy atom. The zero-order valence-electron chi connectivity index (χ0n) is 12.0. The van der Waals surface area contributed by atoms with Crippen molar-refractivity contribution in [3.8, 4) is 0 Å². The molecule has 1 saturated carbocycles. The van der Waals surface area contributed by atoms with Crippen molar-refractivity contribution in [2.45, 2.75) is 31.1 Å². The second-order valence-corrected chi connectivity index (χ2v) is 7.85. The molecule has 0 saturated heterocycles. The first kappa shape index (κ1) is 14.3. The third-order valence-electron chi connectivity index (χ3n) is 4.24. The lowest BCUT2D eigenvalue weighted by Crippen LogP contribution is -2.39. The first-order chi connectivity index (χ1) is 9.88. The summed E-state index contributed by atoms with van der Waals surface area (Å²) in [6, 6.07) is 8.34. The molecule has 0 aliphatic heterocycles.